The third kappa shape index (κ3) is 1.27. The van der Waals surface area contributed by atoms with E-state index in [1.54, 1.807) is 0 Å². The maximum absolute atomic E-state index is 10.2. The fourth-order valence-electron chi connectivity index (χ4n) is 2.65. The maximum atomic E-state index is 10.2. The van der Waals surface area contributed by atoms with E-state index in [1.165, 1.54) is 0 Å². The summed E-state index contributed by atoms with van der Waals surface area (Å²) in [5.74, 6) is 1.91. The summed E-state index contributed by atoms with van der Waals surface area (Å²) in [6, 6.07) is 0. The molecule has 0 unspecified atom stereocenters. The van der Waals surface area contributed by atoms with Crippen LogP contribution in [0.1, 0.15) is 29.5 Å². The number of aromatic hydroxyl groups is 1. The lowest BCUT2D eigenvalue weighted by Crippen LogP contribution is -2.16. The number of hydrogen-bond donors (Lipinski definition) is 1. The second kappa shape index (κ2) is 3.58. The minimum atomic E-state index is 0.315. The van der Waals surface area contributed by atoms with Gasteiger partial charge in [-0.25, -0.2) is 0 Å². The molecule has 1 aromatic rings. The average molecular weight is 220 g/mol. The fourth-order valence-corrected chi connectivity index (χ4v) is 2.65. The molecule has 3 heteroatoms. The summed E-state index contributed by atoms with van der Waals surface area (Å²) in [6.07, 6.45) is 3.86. The first-order chi connectivity index (χ1) is 7.79. The topological polar surface area (TPSA) is 38.7 Å². The molecule has 0 bridgehead atoms. The van der Waals surface area contributed by atoms with Crippen LogP contribution in [0, 0.1) is 6.92 Å². The van der Waals surface area contributed by atoms with Gasteiger partial charge in [-0.15, -0.1) is 0 Å². The molecule has 3 nitrogen and oxygen atoms in total. The second-order valence-corrected chi connectivity index (χ2v) is 4.49. The lowest BCUT2D eigenvalue weighted by Gasteiger charge is -2.27. The number of ether oxygens (including phenoxy) is 2. The van der Waals surface area contributed by atoms with Crippen molar-refractivity contribution >= 4 is 0 Å². The molecule has 0 amide bonds. The molecule has 0 radical (unpaired) electrons. The predicted molar refractivity (Wildman–Crippen MR) is 60.5 cm³/mol. The molecule has 2 aliphatic heterocycles. The number of hydrogen-bond acceptors (Lipinski definition) is 3. The number of rotatable bonds is 0. The van der Waals surface area contributed by atoms with E-state index >= 15 is 0 Å². The Kier molecular flexibility index (Phi) is 2.20. The minimum absolute atomic E-state index is 0.315. The lowest BCUT2D eigenvalue weighted by atomic mass is 9.93. The molecule has 0 fully saturated rings. The standard InChI is InChI=1S/C13H16O3/c1-8-9-4-2-7-16-13(9)11(14)10-5-3-6-15-12(8)10/h14H,2-7H2,1H3. The highest BCUT2D eigenvalue weighted by molar-refractivity contribution is 5.63. The average Bonchev–Trinajstić information content (AvgIpc) is 2.36. The van der Waals surface area contributed by atoms with Gasteiger partial charge in [-0.2, -0.15) is 0 Å². The van der Waals surface area contributed by atoms with Gasteiger partial charge in [0.15, 0.2) is 11.5 Å². The third-order valence-corrected chi connectivity index (χ3v) is 3.48. The van der Waals surface area contributed by atoms with E-state index in [0.29, 0.717) is 18.1 Å². The van der Waals surface area contributed by atoms with Crippen molar-refractivity contribution in [2.75, 3.05) is 13.2 Å². The molecule has 3 rings (SSSR count). The summed E-state index contributed by atoms with van der Waals surface area (Å²) in [6.45, 7) is 3.53. The van der Waals surface area contributed by atoms with E-state index in [-0.39, 0.29) is 0 Å². The third-order valence-electron chi connectivity index (χ3n) is 3.48. The van der Waals surface area contributed by atoms with E-state index in [0.717, 1.165) is 54.7 Å². The van der Waals surface area contributed by atoms with Gasteiger partial charge in [0, 0.05) is 11.1 Å². The van der Waals surface area contributed by atoms with Crippen LogP contribution in [-0.2, 0) is 12.8 Å². The van der Waals surface area contributed by atoms with E-state index in [2.05, 4.69) is 6.92 Å². The molecule has 0 atom stereocenters. The highest BCUT2D eigenvalue weighted by Crippen LogP contribution is 2.46. The van der Waals surface area contributed by atoms with Crippen molar-refractivity contribution in [3.63, 3.8) is 0 Å². The molecular formula is C13H16O3. The smallest absolute Gasteiger partial charge is 0.164 e. The van der Waals surface area contributed by atoms with Crippen LogP contribution in [-0.4, -0.2) is 18.3 Å². The van der Waals surface area contributed by atoms with Gasteiger partial charge in [0.25, 0.3) is 0 Å². The number of fused-ring (bicyclic) bond motifs is 2. The highest BCUT2D eigenvalue weighted by Gasteiger charge is 2.27. The molecular weight excluding hydrogens is 204 g/mol. The lowest BCUT2D eigenvalue weighted by molar-refractivity contribution is 0.254. The van der Waals surface area contributed by atoms with Crippen LogP contribution in [0.2, 0.25) is 0 Å². The van der Waals surface area contributed by atoms with Gasteiger partial charge in [-0.3, -0.25) is 0 Å². The van der Waals surface area contributed by atoms with E-state index in [9.17, 15) is 5.11 Å². The highest BCUT2D eigenvalue weighted by atomic mass is 16.5. The molecule has 1 aromatic carbocycles. The normalized spacial score (nSPS) is 18.1. The first-order valence-electron chi connectivity index (χ1n) is 5.92. The molecule has 2 heterocycles. The summed E-state index contributed by atoms with van der Waals surface area (Å²) < 4.78 is 11.3. The van der Waals surface area contributed by atoms with Crippen molar-refractivity contribution < 1.29 is 14.6 Å². The van der Waals surface area contributed by atoms with Crippen molar-refractivity contribution in [3.8, 4) is 17.2 Å². The number of benzene rings is 1. The van der Waals surface area contributed by atoms with Gasteiger partial charge in [0.2, 0.25) is 0 Å². The van der Waals surface area contributed by atoms with Crippen molar-refractivity contribution in [3.05, 3.63) is 16.7 Å². The van der Waals surface area contributed by atoms with Crippen LogP contribution in [0.25, 0.3) is 0 Å². The van der Waals surface area contributed by atoms with Crippen LogP contribution < -0.4 is 9.47 Å². The first-order valence-corrected chi connectivity index (χ1v) is 5.92. The van der Waals surface area contributed by atoms with Gasteiger partial charge in [0.1, 0.15) is 5.75 Å². The molecule has 1 N–H and O–H groups in total. The number of phenolic OH excluding ortho intramolecular Hbond substituents is 1. The largest absolute Gasteiger partial charge is 0.504 e. The van der Waals surface area contributed by atoms with Gasteiger partial charge in [0.05, 0.1) is 13.2 Å². The van der Waals surface area contributed by atoms with Crippen molar-refractivity contribution in [2.24, 2.45) is 0 Å². The Morgan fingerprint density at radius 1 is 0.938 bits per heavy atom. The van der Waals surface area contributed by atoms with E-state index in [4.69, 9.17) is 9.47 Å². The Morgan fingerprint density at radius 2 is 1.56 bits per heavy atom. The van der Waals surface area contributed by atoms with Crippen molar-refractivity contribution in [1.29, 1.82) is 0 Å². The molecule has 0 aliphatic carbocycles. The molecule has 0 aromatic heterocycles. The Balaban J connectivity index is 2.24. The first kappa shape index (κ1) is 9.82. The van der Waals surface area contributed by atoms with E-state index in [1.807, 2.05) is 0 Å². The second-order valence-electron chi connectivity index (χ2n) is 4.49. The zero-order chi connectivity index (χ0) is 11.1. The summed E-state index contributed by atoms with van der Waals surface area (Å²) in [5.41, 5.74) is 3.22. The van der Waals surface area contributed by atoms with Crippen molar-refractivity contribution in [2.45, 2.75) is 32.6 Å². The minimum Gasteiger partial charge on any atom is -0.504 e. The Labute approximate surface area is 95.0 Å². The van der Waals surface area contributed by atoms with Crippen LogP contribution in [0.4, 0.5) is 0 Å². The molecule has 2 aliphatic rings. The molecule has 0 spiro atoms. The van der Waals surface area contributed by atoms with Crippen LogP contribution in [0.5, 0.6) is 17.2 Å². The van der Waals surface area contributed by atoms with Gasteiger partial charge >= 0.3 is 0 Å². The van der Waals surface area contributed by atoms with E-state index < -0.39 is 0 Å². The maximum Gasteiger partial charge on any atom is 0.164 e. The summed E-state index contributed by atoms with van der Waals surface area (Å²) >= 11 is 0. The fraction of sp³-hybridized carbons (Fsp3) is 0.538. The Bertz CT molecular complexity index is 359. The summed E-state index contributed by atoms with van der Waals surface area (Å²) in [5, 5.41) is 10.2. The van der Waals surface area contributed by atoms with Gasteiger partial charge in [-0.1, -0.05) is 0 Å². The SMILES string of the molecule is Cc1c2c(c(O)c3c1OCCC3)OCCC2. The Morgan fingerprint density at radius 3 is 2.31 bits per heavy atom. The predicted octanol–water partition coefficient (Wildman–Crippen LogP) is 2.35. The Hall–Kier alpha value is -1.38. The van der Waals surface area contributed by atoms with Crippen LogP contribution in [0.3, 0.4) is 0 Å². The monoisotopic (exact) mass is 220 g/mol. The summed E-state index contributed by atoms with van der Waals surface area (Å²) in [7, 11) is 0. The molecule has 0 saturated heterocycles. The zero-order valence-electron chi connectivity index (χ0n) is 9.51. The summed E-state index contributed by atoms with van der Waals surface area (Å²) in [4.78, 5) is 0. The van der Waals surface area contributed by atoms with Crippen LogP contribution in [0.15, 0.2) is 0 Å². The quantitative estimate of drug-likeness (QED) is 0.729. The van der Waals surface area contributed by atoms with Gasteiger partial charge in [-0.05, 0) is 38.2 Å². The molecule has 16 heavy (non-hydrogen) atoms. The molecule has 86 valence electrons. The van der Waals surface area contributed by atoms with Gasteiger partial charge < -0.3 is 14.6 Å². The molecule has 0 saturated carbocycles. The van der Waals surface area contributed by atoms with Crippen LogP contribution >= 0.6 is 0 Å². The number of phenols is 1. The zero-order valence-corrected chi connectivity index (χ0v) is 9.51. The van der Waals surface area contributed by atoms with Crippen molar-refractivity contribution in [1.82, 2.24) is 0 Å².